The van der Waals surface area contributed by atoms with E-state index in [1.807, 2.05) is 6.92 Å². The fourth-order valence-corrected chi connectivity index (χ4v) is 6.55. The fraction of sp³-hybridized carbons (Fsp3) is 0.429. The molecular formula is C28H26ClN3O6. The summed E-state index contributed by atoms with van der Waals surface area (Å²) < 4.78 is 6.78. The second kappa shape index (κ2) is 7.65. The van der Waals surface area contributed by atoms with Gasteiger partial charge in [-0.3, -0.25) is 9.59 Å². The summed E-state index contributed by atoms with van der Waals surface area (Å²) in [5.41, 5.74) is 2.34. The largest absolute Gasteiger partial charge is 0.458 e. The molecule has 2 aromatic heterocycles. The van der Waals surface area contributed by atoms with Crippen molar-refractivity contribution in [2.45, 2.75) is 76.3 Å². The van der Waals surface area contributed by atoms with Gasteiger partial charge >= 0.3 is 5.97 Å². The van der Waals surface area contributed by atoms with Crippen molar-refractivity contribution in [2.24, 2.45) is 0 Å². The van der Waals surface area contributed by atoms with Crippen molar-refractivity contribution in [1.29, 1.82) is 0 Å². The number of carbonyl (C=O) groups is 2. The van der Waals surface area contributed by atoms with E-state index >= 15 is 0 Å². The van der Waals surface area contributed by atoms with E-state index in [0.717, 1.165) is 27.6 Å². The van der Waals surface area contributed by atoms with E-state index in [-0.39, 0.29) is 48.2 Å². The first-order chi connectivity index (χ1) is 18.1. The number of aliphatic hydroxyl groups is 2. The van der Waals surface area contributed by atoms with Crippen LogP contribution in [0, 0.1) is 6.92 Å². The minimum Gasteiger partial charge on any atom is -0.458 e. The Morgan fingerprint density at radius 3 is 2.71 bits per heavy atom. The van der Waals surface area contributed by atoms with Crippen molar-refractivity contribution in [2.75, 3.05) is 0 Å². The summed E-state index contributed by atoms with van der Waals surface area (Å²) in [6.45, 7) is 3.66. The zero-order valence-corrected chi connectivity index (χ0v) is 21.7. The summed E-state index contributed by atoms with van der Waals surface area (Å²) in [4.78, 5) is 44.0. The number of hydrogen-bond donors (Lipinski definition) is 3. The summed E-state index contributed by atoms with van der Waals surface area (Å²) in [6, 6.07) is 3.10. The molecular weight excluding hydrogens is 510 g/mol. The molecule has 10 heteroatoms. The molecule has 38 heavy (non-hydrogen) atoms. The average molecular weight is 536 g/mol. The Kier molecular flexibility index (Phi) is 4.79. The zero-order valence-electron chi connectivity index (χ0n) is 21.0. The van der Waals surface area contributed by atoms with E-state index < -0.39 is 17.2 Å². The number of benzene rings is 1. The van der Waals surface area contributed by atoms with Crippen LogP contribution in [0.3, 0.4) is 0 Å². The molecule has 0 spiro atoms. The molecule has 9 nitrogen and oxygen atoms in total. The van der Waals surface area contributed by atoms with Crippen molar-refractivity contribution in [3.8, 4) is 11.4 Å². The molecule has 2 aliphatic heterocycles. The van der Waals surface area contributed by atoms with Crippen LogP contribution in [-0.2, 0) is 39.5 Å². The van der Waals surface area contributed by atoms with Gasteiger partial charge in [0.05, 0.1) is 35.1 Å². The first-order valence-electron chi connectivity index (χ1n) is 12.9. The highest BCUT2D eigenvalue weighted by atomic mass is 35.5. The van der Waals surface area contributed by atoms with Crippen LogP contribution in [-0.4, -0.2) is 37.2 Å². The van der Waals surface area contributed by atoms with Crippen molar-refractivity contribution >= 4 is 34.4 Å². The molecule has 0 radical (unpaired) electrons. The highest BCUT2D eigenvalue weighted by molar-refractivity contribution is 6.32. The lowest BCUT2D eigenvalue weighted by Crippen LogP contribution is -2.44. The number of esters is 1. The summed E-state index contributed by atoms with van der Waals surface area (Å²) in [5, 5.41) is 26.2. The van der Waals surface area contributed by atoms with Gasteiger partial charge in [-0.25, -0.2) is 9.78 Å². The Hall–Kier alpha value is -3.27. The van der Waals surface area contributed by atoms with E-state index in [1.165, 1.54) is 0 Å². The van der Waals surface area contributed by atoms with E-state index in [0.29, 0.717) is 47.6 Å². The summed E-state index contributed by atoms with van der Waals surface area (Å²) in [7, 11) is 0. The average Bonchev–Trinajstić information content (AvgIpc) is 3.55. The molecule has 1 fully saturated rings. The number of hydrogen-bond acceptors (Lipinski definition) is 7. The van der Waals surface area contributed by atoms with Crippen LogP contribution in [0.1, 0.15) is 72.0 Å². The van der Waals surface area contributed by atoms with E-state index in [9.17, 15) is 24.6 Å². The number of fused-ring (bicyclic) bond motifs is 5. The highest BCUT2D eigenvalue weighted by Gasteiger charge is 2.49. The van der Waals surface area contributed by atoms with Crippen LogP contribution >= 0.6 is 11.6 Å². The van der Waals surface area contributed by atoms with Gasteiger partial charge in [0.2, 0.25) is 0 Å². The lowest BCUT2D eigenvalue weighted by molar-refractivity contribution is -0.172. The van der Waals surface area contributed by atoms with Gasteiger partial charge < -0.3 is 24.8 Å². The third-order valence-corrected chi connectivity index (χ3v) is 9.22. The SMILES string of the molecule is CC[C@@]1(O)C(=O)OCc2c1cc1n(c2=O)Cc2c-1nc1cc(Cl)c(C)c3c1c2[C@H](NC(=O)C1(O)CC1)CC3. The minimum atomic E-state index is -1.92. The van der Waals surface area contributed by atoms with Gasteiger partial charge in [0.1, 0.15) is 12.2 Å². The van der Waals surface area contributed by atoms with Gasteiger partial charge in [-0.2, -0.15) is 0 Å². The van der Waals surface area contributed by atoms with Crippen LogP contribution in [0.5, 0.6) is 0 Å². The molecule has 4 aliphatic rings. The molecule has 0 saturated heterocycles. The predicted octanol–water partition coefficient (Wildman–Crippen LogP) is 2.67. The quantitative estimate of drug-likeness (QED) is 0.344. The third-order valence-electron chi connectivity index (χ3n) is 8.83. The molecule has 4 heterocycles. The second-order valence-electron chi connectivity index (χ2n) is 10.9. The number of amides is 1. The number of cyclic esters (lactones) is 1. The molecule has 7 rings (SSSR count). The normalized spacial score (nSPS) is 23.9. The summed E-state index contributed by atoms with van der Waals surface area (Å²) in [5.74, 6) is -1.16. The third kappa shape index (κ3) is 3.00. The molecule has 1 amide bonds. The van der Waals surface area contributed by atoms with E-state index in [1.54, 1.807) is 23.6 Å². The van der Waals surface area contributed by atoms with Crippen LogP contribution in [0.2, 0.25) is 5.02 Å². The number of pyridine rings is 2. The highest BCUT2D eigenvalue weighted by Crippen LogP contribution is 2.47. The molecule has 1 saturated carbocycles. The predicted molar refractivity (Wildman–Crippen MR) is 138 cm³/mol. The van der Waals surface area contributed by atoms with Gasteiger partial charge in [0.25, 0.3) is 11.5 Å². The lowest BCUT2D eigenvalue weighted by Gasteiger charge is -2.31. The molecule has 0 unspecified atom stereocenters. The standard InChI is InChI=1S/C28H26ClN3O6/c1-3-28(37)16-8-20-23-14(10-32(20)24(33)15(16)11-38-26(28)35)22-18(31-25(34)27(36)6-7-27)5-4-13-12(2)17(29)9-19(30-23)21(13)22/h8-9,18,36-37H,3-7,10-11H2,1-2H3,(H,31,34)/t18-,28+/m1/s1. The smallest absolute Gasteiger partial charge is 0.343 e. The van der Waals surface area contributed by atoms with Gasteiger partial charge in [-0.05, 0) is 67.9 Å². The molecule has 3 N–H and O–H groups in total. The summed E-state index contributed by atoms with van der Waals surface area (Å²) in [6.07, 6.45) is 2.23. The molecule has 1 aromatic carbocycles. The van der Waals surface area contributed by atoms with Gasteiger partial charge in [-0.1, -0.05) is 18.5 Å². The van der Waals surface area contributed by atoms with Crippen molar-refractivity contribution in [1.82, 2.24) is 14.9 Å². The zero-order chi connectivity index (χ0) is 26.7. The Morgan fingerprint density at radius 1 is 1.24 bits per heavy atom. The van der Waals surface area contributed by atoms with Crippen molar-refractivity contribution in [3.05, 3.63) is 60.9 Å². The molecule has 196 valence electrons. The maximum Gasteiger partial charge on any atom is 0.343 e. The fourth-order valence-electron chi connectivity index (χ4n) is 6.34. The first-order valence-corrected chi connectivity index (χ1v) is 13.3. The number of rotatable bonds is 3. The van der Waals surface area contributed by atoms with Crippen LogP contribution < -0.4 is 10.9 Å². The minimum absolute atomic E-state index is 0.0558. The number of nitrogens with zero attached hydrogens (tertiary/aromatic N) is 2. The second-order valence-corrected chi connectivity index (χ2v) is 11.3. The van der Waals surface area contributed by atoms with Gasteiger partial charge in [-0.15, -0.1) is 0 Å². The van der Waals surface area contributed by atoms with Crippen molar-refractivity contribution in [3.63, 3.8) is 0 Å². The Bertz CT molecular complexity index is 1690. The molecule has 3 aromatic rings. The Labute approximate surface area is 222 Å². The monoisotopic (exact) mass is 535 g/mol. The Morgan fingerprint density at radius 2 is 2.00 bits per heavy atom. The van der Waals surface area contributed by atoms with Crippen LogP contribution in [0.4, 0.5) is 0 Å². The number of nitrogens with one attached hydrogen (secondary N) is 1. The van der Waals surface area contributed by atoms with Crippen LogP contribution in [0.15, 0.2) is 16.9 Å². The number of halogens is 1. The number of aromatic nitrogens is 2. The lowest BCUT2D eigenvalue weighted by atomic mass is 9.81. The molecule has 2 atom stereocenters. The van der Waals surface area contributed by atoms with E-state index in [4.69, 9.17) is 21.3 Å². The maximum atomic E-state index is 13.7. The number of aryl methyl sites for hydroxylation is 1. The Balaban J connectivity index is 1.49. The van der Waals surface area contributed by atoms with Crippen LogP contribution in [0.25, 0.3) is 22.3 Å². The topological polar surface area (TPSA) is 131 Å². The first kappa shape index (κ1) is 23.8. The van der Waals surface area contributed by atoms with E-state index in [2.05, 4.69) is 5.32 Å². The maximum absolute atomic E-state index is 13.7. The summed E-state index contributed by atoms with van der Waals surface area (Å²) >= 11 is 6.60. The van der Waals surface area contributed by atoms with Gasteiger partial charge in [0, 0.05) is 21.5 Å². The van der Waals surface area contributed by atoms with Gasteiger partial charge in [0.15, 0.2) is 5.60 Å². The molecule has 2 aliphatic carbocycles. The van der Waals surface area contributed by atoms with Crippen molar-refractivity contribution < 1.29 is 24.5 Å². The number of carbonyl (C=O) groups excluding carboxylic acids is 2. The number of ether oxygens (including phenoxy) is 1. The molecule has 0 bridgehead atoms.